The van der Waals surface area contributed by atoms with E-state index >= 15 is 0 Å². The van der Waals surface area contributed by atoms with Crippen molar-refractivity contribution in [3.8, 4) is 11.6 Å². The number of rotatable bonds is 8. The third-order valence-electron chi connectivity index (χ3n) is 5.40. The first-order valence-corrected chi connectivity index (χ1v) is 10.2. The number of hydrogen-bond donors (Lipinski definition) is 1. The minimum atomic E-state index is -2.90. The summed E-state index contributed by atoms with van der Waals surface area (Å²) in [5.41, 5.74) is 4.46. The first-order valence-electron chi connectivity index (χ1n) is 9.79. The molecule has 0 spiro atoms. The number of nitrogens with two attached hydrogens (primary N) is 1. The number of hydrogen-bond acceptors (Lipinski definition) is 6. The lowest BCUT2D eigenvalue weighted by molar-refractivity contribution is -0.134. The van der Waals surface area contributed by atoms with Gasteiger partial charge in [-0.25, -0.2) is 17.9 Å². The molecule has 0 radical (unpaired) electrons. The molecule has 174 valence electrons. The number of halogens is 4. The first-order chi connectivity index (χ1) is 15.6. The van der Waals surface area contributed by atoms with Crippen LogP contribution < -0.4 is 5.73 Å². The molecule has 9 nitrogen and oxygen atoms in total. The van der Waals surface area contributed by atoms with Gasteiger partial charge in [-0.2, -0.15) is 10.1 Å². The summed E-state index contributed by atoms with van der Waals surface area (Å²) in [6, 6.07) is 5.07. The lowest BCUT2D eigenvalue weighted by Crippen LogP contribution is -2.37. The molecule has 2 heterocycles. The summed E-state index contributed by atoms with van der Waals surface area (Å²) in [7, 11) is 1.35. The molecule has 2 aromatic heterocycles. The summed E-state index contributed by atoms with van der Waals surface area (Å²) in [6.07, 6.45) is -1.64. The third kappa shape index (κ3) is 4.42. The number of amides is 2. The van der Waals surface area contributed by atoms with E-state index in [4.69, 9.17) is 21.9 Å². The van der Waals surface area contributed by atoms with Crippen molar-refractivity contribution in [3.63, 3.8) is 0 Å². The van der Waals surface area contributed by atoms with Gasteiger partial charge in [-0.15, -0.1) is 0 Å². The van der Waals surface area contributed by atoms with Crippen LogP contribution in [0.4, 0.5) is 13.2 Å². The zero-order chi connectivity index (χ0) is 23.9. The van der Waals surface area contributed by atoms with Gasteiger partial charge < -0.3 is 15.2 Å². The van der Waals surface area contributed by atoms with Gasteiger partial charge in [0.15, 0.2) is 5.82 Å². The highest BCUT2D eigenvalue weighted by Gasteiger charge is 2.51. The number of likely N-dealkylation sites (N-methyl/N-ethyl adjacent to an activating group) is 1. The van der Waals surface area contributed by atoms with Crippen molar-refractivity contribution in [2.75, 3.05) is 13.6 Å². The average molecular weight is 483 g/mol. The summed E-state index contributed by atoms with van der Waals surface area (Å²) in [6.45, 7) is -0.804. The number of primary amides is 1. The number of alkyl halides is 2. The zero-order valence-corrected chi connectivity index (χ0v) is 18.0. The summed E-state index contributed by atoms with van der Waals surface area (Å²) >= 11 is 6.22. The van der Waals surface area contributed by atoms with Crippen LogP contribution in [0.15, 0.2) is 28.8 Å². The minimum Gasteiger partial charge on any atom is -0.368 e. The van der Waals surface area contributed by atoms with E-state index in [0.717, 1.165) is 15.6 Å². The van der Waals surface area contributed by atoms with Crippen LogP contribution in [0, 0.1) is 5.82 Å². The molecule has 4 rings (SSSR count). The maximum Gasteiger partial charge on any atom is 0.282 e. The van der Waals surface area contributed by atoms with Crippen molar-refractivity contribution in [2.45, 2.75) is 31.2 Å². The largest absolute Gasteiger partial charge is 0.368 e. The van der Waals surface area contributed by atoms with Crippen LogP contribution in [0.2, 0.25) is 5.02 Å². The molecule has 0 atom stereocenters. The Morgan fingerprint density at radius 2 is 2.06 bits per heavy atom. The van der Waals surface area contributed by atoms with Crippen LogP contribution in [0.1, 0.15) is 36.3 Å². The predicted octanol–water partition coefficient (Wildman–Crippen LogP) is 2.69. The summed E-state index contributed by atoms with van der Waals surface area (Å²) in [5.74, 6) is -1.66. The van der Waals surface area contributed by atoms with E-state index in [1.165, 1.54) is 19.2 Å². The molecule has 1 saturated carbocycles. The second-order valence-electron chi connectivity index (χ2n) is 7.76. The molecule has 1 aromatic carbocycles. The van der Waals surface area contributed by atoms with E-state index in [9.17, 15) is 22.8 Å². The van der Waals surface area contributed by atoms with Crippen molar-refractivity contribution >= 4 is 23.4 Å². The van der Waals surface area contributed by atoms with Gasteiger partial charge in [0.1, 0.15) is 23.7 Å². The molecule has 1 fully saturated rings. The Balaban J connectivity index is 1.66. The topological polar surface area (TPSA) is 120 Å². The quantitative estimate of drug-likeness (QED) is 0.527. The van der Waals surface area contributed by atoms with Gasteiger partial charge in [-0.3, -0.25) is 9.59 Å². The van der Waals surface area contributed by atoms with Crippen LogP contribution in [0.5, 0.6) is 0 Å². The standard InChI is InChI=1S/C20H18ClF3N6O3/c1-29(8-15(25)31)16(32)9-30-14(7-13(27-30)17(23)24)18-26-19(28-33-18)20(4-5-20)11-3-2-10(22)6-12(11)21/h2-3,6-7,17H,4-5,8-9H2,1H3,(H2,25,31). The monoisotopic (exact) mass is 482 g/mol. The van der Waals surface area contributed by atoms with E-state index in [1.807, 2.05) is 0 Å². The maximum absolute atomic E-state index is 13.5. The molecule has 0 aliphatic heterocycles. The van der Waals surface area contributed by atoms with Crippen LogP contribution in [-0.4, -0.2) is 50.2 Å². The fourth-order valence-electron chi connectivity index (χ4n) is 3.54. The van der Waals surface area contributed by atoms with Crippen LogP contribution in [0.3, 0.4) is 0 Å². The Hall–Kier alpha value is -3.41. The third-order valence-corrected chi connectivity index (χ3v) is 5.71. The maximum atomic E-state index is 13.5. The van der Waals surface area contributed by atoms with E-state index in [1.54, 1.807) is 6.07 Å². The number of carbonyl (C=O) groups is 2. The Morgan fingerprint density at radius 3 is 2.67 bits per heavy atom. The molecular formula is C20H18ClF3N6O3. The van der Waals surface area contributed by atoms with Crippen LogP contribution in [-0.2, 0) is 21.5 Å². The van der Waals surface area contributed by atoms with Gasteiger partial charge >= 0.3 is 0 Å². The Bertz CT molecular complexity index is 1220. The van der Waals surface area contributed by atoms with Gasteiger partial charge in [0, 0.05) is 12.1 Å². The SMILES string of the molecule is CN(CC(N)=O)C(=O)Cn1nc(C(F)F)cc1-c1nc(C2(c3ccc(F)cc3Cl)CC2)no1. The molecule has 13 heteroatoms. The first kappa shape index (κ1) is 22.8. The number of aromatic nitrogens is 4. The summed E-state index contributed by atoms with van der Waals surface area (Å²) in [5, 5.41) is 7.98. The number of benzene rings is 1. The van der Waals surface area contributed by atoms with E-state index in [-0.39, 0.29) is 29.0 Å². The van der Waals surface area contributed by atoms with Crippen molar-refractivity contribution in [1.29, 1.82) is 0 Å². The zero-order valence-electron chi connectivity index (χ0n) is 17.3. The van der Waals surface area contributed by atoms with Crippen LogP contribution in [0.25, 0.3) is 11.6 Å². The fourth-order valence-corrected chi connectivity index (χ4v) is 3.89. The Morgan fingerprint density at radius 1 is 1.33 bits per heavy atom. The molecule has 3 aromatic rings. The predicted molar refractivity (Wildman–Crippen MR) is 109 cm³/mol. The van der Waals surface area contributed by atoms with E-state index in [2.05, 4.69) is 15.2 Å². The molecule has 33 heavy (non-hydrogen) atoms. The molecular weight excluding hydrogens is 465 g/mol. The molecule has 1 aliphatic carbocycles. The highest BCUT2D eigenvalue weighted by molar-refractivity contribution is 6.31. The Labute approximate surface area is 190 Å². The Kier molecular flexibility index (Phi) is 5.87. The normalized spacial score (nSPS) is 14.5. The molecule has 0 bridgehead atoms. The fraction of sp³-hybridized carbons (Fsp3) is 0.350. The second kappa shape index (κ2) is 8.50. The van der Waals surface area contributed by atoms with Gasteiger partial charge in [0.2, 0.25) is 11.8 Å². The number of carbonyl (C=O) groups excluding carboxylic acids is 2. The van der Waals surface area contributed by atoms with Crippen molar-refractivity contribution in [1.82, 2.24) is 24.8 Å². The highest BCUT2D eigenvalue weighted by Crippen LogP contribution is 2.54. The van der Waals surface area contributed by atoms with Crippen LogP contribution >= 0.6 is 11.6 Å². The smallest absolute Gasteiger partial charge is 0.282 e. The highest BCUT2D eigenvalue weighted by atomic mass is 35.5. The van der Waals surface area contributed by atoms with Gasteiger partial charge in [-0.1, -0.05) is 22.8 Å². The summed E-state index contributed by atoms with van der Waals surface area (Å²) in [4.78, 5) is 28.8. The van der Waals surface area contributed by atoms with Gasteiger partial charge in [0.05, 0.1) is 12.0 Å². The molecule has 1 aliphatic rings. The van der Waals surface area contributed by atoms with Gasteiger partial charge in [0.25, 0.3) is 12.3 Å². The van der Waals surface area contributed by atoms with Gasteiger partial charge in [-0.05, 0) is 36.6 Å². The van der Waals surface area contributed by atoms with E-state index in [0.29, 0.717) is 18.4 Å². The molecule has 0 saturated heterocycles. The summed E-state index contributed by atoms with van der Waals surface area (Å²) < 4.78 is 46.4. The molecule has 2 amide bonds. The minimum absolute atomic E-state index is 0.00544. The molecule has 0 unspecified atom stereocenters. The van der Waals surface area contributed by atoms with E-state index < -0.39 is 41.7 Å². The average Bonchev–Trinajstić information content (AvgIpc) is 3.18. The second-order valence-corrected chi connectivity index (χ2v) is 8.17. The van der Waals surface area contributed by atoms with Crippen molar-refractivity contribution < 1.29 is 27.3 Å². The lowest BCUT2D eigenvalue weighted by atomic mass is 9.95. The molecule has 2 N–H and O–H groups in total. The lowest BCUT2D eigenvalue weighted by Gasteiger charge is -2.15. The number of nitrogens with zero attached hydrogens (tertiary/aromatic N) is 5. The van der Waals surface area contributed by atoms with Crippen molar-refractivity contribution in [2.24, 2.45) is 5.73 Å². The van der Waals surface area contributed by atoms with Crippen molar-refractivity contribution in [3.05, 3.63) is 52.2 Å².